The molecule has 3 rings (SSSR count). The van der Waals surface area contributed by atoms with Crippen LogP contribution < -0.4 is 10.6 Å². The van der Waals surface area contributed by atoms with Crippen molar-refractivity contribution in [3.63, 3.8) is 0 Å². The number of halogens is 2. The van der Waals surface area contributed by atoms with Crippen molar-refractivity contribution in [1.82, 2.24) is 15.5 Å². The Kier molecular flexibility index (Phi) is 5.63. The number of nitrogens with zero attached hydrogens (tertiary/aromatic N) is 1. The van der Waals surface area contributed by atoms with Crippen molar-refractivity contribution in [2.75, 3.05) is 19.6 Å². The van der Waals surface area contributed by atoms with Gasteiger partial charge in [-0.2, -0.15) is 0 Å². The first-order valence-electron chi connectivity index (χ1n) is 8.80. The predicted molar refractivity (Wildman–Crippen MR) is 89.1 cm³/mol. The highest BCUT2D eigenvalue weighted by Gasteiger charge is 2.30. The lowest BCUT2D eigenvalue weighted by atomic mass is 10.1. The minimum absolute atomic E-state index is 0.0940. The molecule has 0 radical (unpaired) electrons. The minimum atomic E-state index is -0.888. The van der Waals surface area contributed by atoms with Crippen LogP contribution >= 0.6 is 0 Å². The molecule has 2 unspecified atom stereocenters. The number of rotatable bonds is 5. The maximum atomic E-state index is 13.5. The van der Waals surface area contributed by atoms with Gasteiger partial charge in [-0.05, 0) is 37.8 Å². The van der Waals surface area contributed by atoms with Crippen LogP contribution in [0.4, 0.5) is 8.78 Å². The van der Waals surface area contributed by atoms with Crippen molar-refractivity contribution in [1.29, 1.82) is 0 Å². The highest BCUT2D eigenvalue weighted by atomic mass is 19.1. The molecule has 136 valence electrons. The number of hydrogen-bond donors (Lipinski definition) is 2. The molecular weight excluding hydrogens is 328 g/mol. The van der Waals surface area contributed by atoms with E-state index in [9.17, 15) is 18.4 Å². The summed E-state index contributed by atoms with van der Waals surface area (Å²) in [6.07, 6.45) is 4.14. The zero-order valence-corrected chi connectivity index (χ0v) is 14.1. The van der Waals surface area contributed by atoms with E-state index in [1.54, 1.807) is 0 Å². The smallest absolute Gasteiger partial charge is 0.254 e. The maximum Gasteiger partial charge on any atom is 0.254 e. The molecule has 0 spiro atoms. The third kappa shape index (κ3) is 4.54. The average molecular weight is 351 g/mol. The van der Waals surface area contributed by atoms with Gasteiger partial charge in [0.15, 0.2) is 0 Å². The fourth-order valence-corrected chi connectivity index (χ4v) is 3.54. The average Bonchev–Trinajstić information content (AvgIpc) is 2.90. The number of nitrogens with one attached hydrogen (secondary N) is 2. The van der Waals surface area contributed by atoms with Crippen LogP contribution in [0.5, 0.6) is 0 Å². The van der Waals surface area contributed by atoms with Gasteiger partial charge in [0.25, 0.3) is 5.91 Å². The molecule has 2 saturated heterocycles. The molecule has 2 atom stereocenters. The minimum Gasteiger partial charge on any atom is -0.352 e. The molecule has 2 bridgehead atoms. The van der Waals surface area contributed by atoms with Crippen molar-refractivity contribution in [2.45, 2.75) is 44.2 Å². The van der Waals surface area contributed by atoms with Crippen LogP contribution in [0, 0.1) is 11.6 Å². The summed E-state index contributed by atoms with van der Waals surface area (Å²) in [6, 6.07) is 3.78. The summed E-state index contributed by atoms with van der Waals surface area (Å²) >= 11 is 0. The molecule has 2 heterocycles. The topological polar surface area (TPSA) is 61.4 Å². The Balaban J connectivity index is 1.40. The van der Waals surface area contributed by atoms with E-state index in [-0.39, 0.29) is 18.0 Å². The monoisotopic (exact) mass is 351 g/mol. The van der Waals surface area contributed by atoms with Gasteiger partial charge in [0.2, 0.25) is 5.91 Å². The molecule has 2 aliphatic rings. The Morgan fingerprint density at radius 3 is 2.80 bits per heavy atom. The standard InChI is InChI=1S/C18H23F2N3O2/c19-12-3-6-15(16(20)10-12)18(25)21-8-1-2-17(24)23-9-7-13-4-5-14(11-23)22-13/h3,6,10,13-14,22H,1-2,4-5,7-9,11H2,(H,21,25). The van der Waals surface area contributed by atoms with Gasteiger partial charge in [0.1, 0.15) is 11.6 Å². The number of benzene rings is 1. The first-order chi connectivity index (χ1) is 12.0. The number of fused-ring (bicyclic) bond motifs is 2. The fraction of sp³-hybridized carbons (Fsp3) is 0.556. The third-order valence-electron chi connectivity index (χ3n) is 4.90. The van der Waals surface area contributed by atoms with Gasteiger partial charge in [0.05, 0.1) is 5.56 Å². The molecular formula is C18H23F2N3O2. The summed E-state index contributed by atoms with van der Waals surface area (Å²) in [7, 11) is 0. The largest absolute Gasteiger partial charge is 0.352 e. The number of carbonyl (C=O) groups is 2. The van der Waals surface area contributed by atoms with Crippen LogP contribution in [0.1, 0.15) is 42.5 Å². The van der Waals surface area contributed by atoms with Crippen LogP contribution in [0.25, 0.3) is 0 Å². The zero-order chi connectivity index (χ0) is 17.8. The van der Waals surface area contributed by atoms with Crippen molar-refractivity contribution in [3.8, 4) is 0 Å². The fourth-order valence-electron chi connectivity index (χ4n) is 3.54. The Labute approximate surface area is 145 Å². The highest BCUT2D eigenvalue weighted by Crippen LogP contribution is 2.20. The zero-order valence-electron chi connectivity index (χ0n) is 14.1. The third-order valence-corrected chi connectivity index (χ3v) is 4.90. The molecule has 2 N–H and O–H groups in total. The number of carbonyl (C=O) groups excluding carboxylic acids is 2. The molecule has 0 aliphatic carbocycles. The van der Waals surface area contributed by atoms with Crippen LogP contribution in [0.3, 0.4) is 0 Å². The van der Waals surface area contributed by atoms with Crippen molar-refractivity contribution < 1.29 is 18.4 Å². The van der Waals surface area contributed by atoms with E-state index in [4.69, 9.17) is 0 Å². The van der Waals surface area contributed by atoms with E-state index in [1.165, 1.54) is 6.42 Å². The first kappa shape index (κ1) is 17.8. The molecule has 5 nitrogen and oxygen atoms in total. The maximum absolute atomic E-state index is 13.5. The number of amides is 2. The molecule has 2 aliphatic heterocycles. The summed E-state index contributed by atoms with van der Waals surface area (Å²) in [4.78, 5) is 26.1. The van der Waals surface area contributed by atoms with Crippen molar-refractivity contribution in [2.24, 2.45) is 0 Å². The lowest BCUT2D eigenvalue weighted by molar-refractivity contribution is -0.131. The molecule has 1 aromatic rings. The predicted octanol–water partition coefficient (Wildman–Crippen LogP) is 1.83. The molecule has 1 aromatic carbocycles. The highest BCUT2D eigenvalue weighted by molar-refractivity contribution is 5.94. The van der Waals surface area contributed by atoms with Gasteiger partial charge >= 0.3 is 0 Å². The molecule has 0 aromatic heterocycles. The normalized spacial score (nSPS) is 22.6. The van der Waals surface area contributed by atoms with E-state index in [1.807, 2.05) is 4.90 Å². The lowest BCUT2D eigenvalue weighted by Crippen LogP contribution is -2.39. The second-order valence-electron chi connectivity index (χ2n) is 6.75. The summed E-state index contributed by atoms with van der Waals surface area (Å²) in [5, 5.41) is 6.11. The van der Waals surface area contributed by atoms with E-state index >= 15 is 0 Å². The van der Waals surface area contributed by atoms with Gasteiger partial charge in [-0.3, -0.25) is 9.59 Å². The SMILES string of the molecule is O=C(NCCCC(=O)N1CCC2CCC(C1)N2)c1ccc(F)cc1F. The van der Waals surface area contributed by atoms with Crippen LogP contribution in [0.15, 0.2) is 18.2 Å². The summed E-state index contributed by atoms with van der Waals surface area (Å²) in [6.45, 7) is 1.81. The first-order valence-corrected chi connectivity index (χ1v) is 8.80. The van der Waals surface area contributed by atoms with Crippen LogP contribution in [0.2, 0.25) is 0 Å². The molecule has 25 heavy (non-hydrogen) atoms. The van der Waals surface area contributed by atoms with E-state index in [2.05, 4.69) is 10.6 Å². The Morgan fingerprint density at radius 2 is 2.00 bits per heavy atom. The van der Waals surface area contributed by atoms with Crippen molar-refractivity contribution >= 4 is 11.8 Å². The lowest BCUT2D eigenvalue weighted by Gasteiger charge is -2.24. The second-order valence-corrected chi connectivity index (χ2v) is 6.75. The summed E-state index contributed by atoms with van der Waals surface area (Å²) < 4.78 is 26.4. The Bertz CT molecular complexity index is 653. The van der Waals surface area contributed by atoms with Gasteiger partial charge in [0, 0.05) is 44.2 Å². The van der Waals surface area contributed by atoms with E-state index < -0.39 is 17.5 Å². The molecule has 2 amide bonds. The van der Waals surface area contributed by atoms with Gasteiger partial charge < -0.3 is 15.5 Å². The summed E-state index contributed by atoms with van der Waals surface area (Å²) in [5.41, 5.74) is -0.192. The van der Waals surface area contributed by atoms with E-state index in [0.29, 0.717) is 31.0 Å². The molecule has 7 heteroatoms. The molecule has 2 fully saturated rings. The number of hydrogen-bond acceptors (Lipinski definition) is 3. The Morgan fingerprint density at radius 1 is 1.20 bits per heavy atom. The van der Waals surface area contributed by atoms with Crippen LogP contribution in [-0.4, -0.2) is 48.4 Å². The van der Waals surface area contributed by atoms with E-state index in [0.717, 1.165) is 38.1 Å². The number of likely N-dealkylation sites (tertiary alicyclic amines) is 1. The Hall–Kier alpha value is -2.02. The van der Waals surface area contributed by atoms with Gasteiger partial charge in [-0.15, -0.1) is 0 Å². The summed E-state index contributed by atoms with van der Waals surface area (Å²) in [5.74, 6) is -2.11. The van der Waals surface area contributed by atoms with Gasteiger partial charge in [-0.1, -0.05) is 0 Å². The van der Waals surface area contributed by atoms with Crippen molar-refractivity contribution in [3.05, 3.63) is 35.4 Å². The quantitative estimate of drug-likeness (QED) is 0.796. The van der Waals surface area contributed by atoms with Crippen LogP contribution in [-0.2, 0) is 4.79 Å². The second kappa shape index (κ2) is 7.91. The van der Waals surface area contributed by atoms with Gasteiger partial charge in [-0.25, -0.2) is 8.78 Å². The molecule has 0 saturated carbocycles.